The Hall–Kier alpha value is -1.65. The molecule has 2 aromatic rings. The molecule has 3 nitrogen and oxygen atoms in total. The van der Waals surface area contributed by atoms with Gasteiger partial charge in [-0.2, -0.15) is 0 Å². The molecule has 0 saturated carbocycles. The number of rotatable bonds is 6. The van der Waals surface area contributed by atoms with Crippen LogP contribution in [-0.4, -0.2) is 19.3 Å². The van der Waals surface area contributed by atoms with Crippen molar-refractivity contribution in [1.29, 1.82) is 0 Å². The van der Waals surface area contributed by atoms with Crippen LogP contribution in [0.5, 0.6) is 0 Å². The fraction of sp³-hybridized carbons (Fsp3) is 0.333. The average molecular weight is 318 g/mol. The zero-order valence-electron chi connectivity index (χ0n) is 12.9. The first kappa shape index (κ1) is 16.7. The first-order valence-electron chi connectivity index (χ1n) is 7.34. The molecule has 0 aromatic heterocycles. The Bertz CT molecular complexity index is 692. The summed E-state index contributed by atoms with van der Waals surface area (Å²) < 4.78 is 24.7. The van der Waals surface area contributed by atoms with Gasteiger partial charge in [0.05, 0.1) is 16.8 Å². The van der Waals surface area contributed by atoms with Crippen molar-refractivity contribution in [3.05, 3.63) is 66.2 Å². The standard InChI is InChI=1S/C18H22O3S/c1-18(2,17(19)15-9-5-3-6-10-15)13-14-22(20,21)16-11-7-4-8-12-16/h3-12,17,19H,13-14H2,1-2H3. The van der Waals surface area contributed by atoms with E-state index >= 15 is 0 Å². The van der Waals surface area contributed by atoms with Crippen LogP contribution < -0.4 is 0 Å². The molecule has 0 aliphatic heterocycles. The quantitative estimate of drug-likeness (QED) is 0.885. The van der Waals surface area contributed by atoms with Crippen LogP contribution in [0.25, 0.3) is 0 Å². The van der Waals surface area contributed by atoms with E-state index < -0.39 is 21.4 Å². The van der Waals surface area contributed by atoms with Crippen molar-refractivity contribution in [2.75, 3.05) is 5.75 Å². The Morgan fingerprint density at radius 3 is 2.00 bits per heavy atom. The maximum atomic E-state index is 12.4. The largest absolute Gasteiger partial charge is 0.388 e. The molecular weight excluding hydrogens is 296 g/mol. The molecule has 2 rings (SSSR count). The third-order valence-electron chi connectivity index (χ3n) is 3.97. The summed E-state index contributed by atoms with van der Waals surface area (Å²) in [5.74, 6) is 0.0217. The van der Waals surface area contributed by atoms with Gasteiger partial charge in [0.2, 0.25) is 0 Å². The van der Waals surface area contributed by atoms with Gasteiger partial charge in [0, 0.05) is 0 Å². The molecule has 22 heavy (non-hydrogen) atoms. The number of hydrogen-bond acceptors (Lipinski definition) is 3. The zero-order valence-corrected chi connectivity index (χ0v) is 13.8. The molecule has 0 saturated heterocycles. The van der Waals surface area contributed by atoms with Crippen LogP contribution >= 0.6 is 0 Å². The highest BCUT2D eigenvalue weighted by Gasteiger charge is 2.31. The number of aliphatic hydroxyl groups excluding tert-OH is 1. The van der Waals surface area contributed by atoms with Crippen LogP contribution in [-0.2, 0) is 9.84 Å². The summed E-state index contributed by atoms with van der Waals surface area (Å²) in [6, 6.07) is 17.8. The van der Waals surface area contributed by atoms with E-state index in [1.165, 1.54) is 0 Å². The average Bonchev–Trinajstić information content (AvgIpc) is 2.54. The van der Waals surface area contributed by atoms with Gasteiger partial charge in [0.15, 0.2) is 9.84 Å². The van der Waals surface area contributed by atoms with E-state index in [1.807, 2.05) is 44.2 Å². The van der Waals surface area contributed by atoms with Crippen LogP contribution in [0.3, 0.4) is 0 Å². The minimum absolute atomic E-state index is 0.0217. The van der Waals surface area contributed by atoms with E-state index in [4.69, 9.17) is 0 Å². The predicted octanol–water partition coefficient (Wildman–Crippen LogP) is 3.61. The lowest BCUT2D eigenvalue weighted by molar-refractivity contribution is 0.0471. The third kappa shape index (κ3) is 3.96. The Labute approximate surface area is 132 Å². The van der Waals surface area contributed by atoms with E-state index in [-0.39, 0.29) is 5.75 Å². The summed E-state index contributed by atoms with van der Waals surface area (Å²) in [5, 5.41) is 10.5. The van der Waals surface area contributed by atoms with Gasteiger partial charge in [-0.25, -0.2) is 8.42 Å². The summed E-state index contributed by atoms with van der Waals surface area (Å²) in [6.07, 6.45) is -0.306. The molecule has 118 valence electrons. The molecule has 0 fully saturated rings. The van der Waals surface area contributed by atoms with Crippen molar-refractivity contribution in [3.63, 3.8) is 0 Å². The third-order valence-corrected chi connectivity index (χ3v) is 5.70. The van der Waals surface area contributed by atoms with Gasteiger partial charge in [-0.15, -0.1) is 0 Å². The SMILES string of the molecule is CC(C)(CCS(=O)(=O)c1ccccc1)C(O)c1ccccc1. The van der Waals surface area contributed by atoms with Crippen molar-refractivity contribution >= 4 is 9.84 Å². The van der Waals surface area contributed by atoms with Gasteiger partial charge < -0.3 is 5.11 Å². The van der Waals surface area contributed by atoms with Crippen LogP contribution in [0.2, 0.25) is 0 Å². The summed E-state index contributed by atoms with van der Waals surface area (Å²) in [4.78, 5) is 0.333. The van der Waals surface area contributed by atoms with Crippen molar-refractivity contribution in [2.24, 2.45) is 5.41 Å². The molecule has 4 heteroatoms. The predicted molar refractivity (Wildman–Crippen MR) is 88.3 cm³/mol. The lowest BCUT2D eigenvalue weighted by Crippen LogP contribution is -2.25. The van der Waals surface area contributed by atoms with Crippen molar-refractivity contribution < 1.29 is 13.5 Å². The second kappa shape index (κ2) is 6.63. The lowest BCUT2D eigenvalue weighted by atomic mass is 9.80. The van der Waals surface area contributed by atoms with E-state index in [0.717, 1.165) is 5.56 Å². The smallest absolute Gasteiger partial charge is 0.178 e. The minimum atomic E-state index is -3.32. The summed E-state index contributed by atoms with van der Waals surface area (Å²) in [5.41, 5.74) is 0.285. The first-order chi connectivity index (χ1) is 10.3. The van der Waals surface area contributed by atoms with Crippen LogP contribution in [0.1, 0.15) is 31.9 Å². The van der Waals surface area contributed by atoms with E-state index in [1.54, 1.807) is 30.3 Å². The maximum Gasteiger partial charge on any atom is 0.178 e. The fourth-order valence-corrected chi connectivity index (χ4v) is 3.97. The van der Waals surface area contributed by atoms with Crippen LogP contribution in [0, 0.1) is 5.41 Å². The second-order valence-corrected chi connectivity index (χ2v) is 8.29. The highest BCUT2D eigenvalue weighted by molar-refractivity contribution is 7.91. The molecule has 1 atom stereocenters. The Balaban J connectivity index is 2.10. The molecule has 0 bridgehead atoms. The van der Waals surface area contributed by atoms with Gasteiger partial charge in [-0.05, 0) is 29.5 Å². The topological polar surface area (TPSA) is 54.4 Å². The summed E-state index contributed by atoms with van der Waals surface area (Å²) >= 11 is 0. The number of aliphatic hydroxyl groups is 1. The lowest BCUT2D eigenvalue weighted by Gasteiger charge is -2.30. The number of benzene rings is 2. The minimum Gasteiger partial charge on any atom is -0.388 e. The number of sulfone groups is 1. The molecule has 0 spiro atoms. The Morgan fingerprint density at radius 2 is 1.45 bits per heavy atom. The molecule has 0 radical (unpaired) electrons. The van der Waals surface area contributed by atoms with Crippen molar-refractivity contribution in [2.45, 2.75) is 31.3 Å². The summed E-state index contributed by atoms with van der Waals surface area (Å²) in [7, 11) is -3.32. The van der Waals surface area contributed by atoms with E-state index in [2.05, 4.69) is 0 Å². The molecule has 1 unspecified atom stereocenters. The Kier molecular flexibility index (Phi) is 5.04. The summed E-state index contributed by atoms with van der Waals surface area (Å²) in [6.45, 7) is 3.79. The molecule has 2 aromatic carbocycles. The highest BCUT2D eigenvalue weighted by Crippen LogP contribution is 2.37. The van der Waals surface area contributed by atoms with Crippen molar-refractivity contribution in [3.8, 4) is 0 Å². The molecule has 0 aliphatic rings. The van der Waals surface area contributed by atoms with Gasteiger partial charge in [0.25, 0.3) is 0 Å². The van der Waals surface area contributed by atoms with Crippen LogP contribution in [0.15, 0.2) is 65.6 Å². The first-order valence-corrected chi connectivity index (χ1v) is 8.99. The second-order valence-electron chi connectivity index (χ2n) is 6.18. The molecule has 0 amide bonds. The molecule has 0 heterocycles. The maximum absolute atomic E-state index is 12.4. The van der Waals surface area contributed by atoms with E-state index in [0.29, 0.717) is 11.3 Å². The molecule has 0 aliphatic carbocycles. The van der Waals surface area contributed by atoms with Gasteiger partial charge in [-0.1, -0.05) is 62.4 Å². The van der Waals surface area contributed by atoms with Gasteiger partial charge >= 0.3 is 0 Å². The normalized spacial score (nSPS) is 13.8. The van der Waals surface area contributed by atoms with Crippen LogP contribution in [0.4, 0.5) is 0 Å². The zero-order chi connectivity index (χ0) is 16.2. The van der Waals surface area contributed by atoms with Gasteiger partial charge in [-0.3, -0.25) is 0 Å². The highest BCUT2D eigenvalue weighted by atomic mass is 32.2. The monoisotopic (exact) mass is 318 g/mol. The van der Waals surface area contributed by atoms with Crippen molar-refractivity contribution in [1.82, 2.24) is 0 Å². The molecule has 1 N–H and O–H groups in total. The number of hydrogen-bond donors (Lipinski definition) is 1. The molecular formula is C18H22O3S. The Morgan fingerprint density at radius 1 is 0.955 bits per heavy atom. The fourth-order valence-electron chi connectivity index (χ4n) is 2.37. The van der Waals surface area contributed by atoms with Gasteiger partial charge in [0.1, 0.15) is 0 Å². The van der Waals surface area contributed by atoms with E-state index in [9.17, 15) is 13.5 Å².